The number of hydrogen-bond acceptors (Lipinski definition) is 5. The van der Waals surface area contributed by atoms with Crippen molar-refractivity contribution in [2.24, 2.45) is 16.7 Å². The molecule has 5 nitrogen and oxygen atoms in total. The molecule has 1 aromatic rings. The Labute approximate surface area is 256 Å². The first-order valence-electron chi connectivity index (χ1n) is 15.0. The van der Waals surface area contributed by atoms with Gasteiger partial charge in [0.25, 0.3) is 7.14 Å². The number of carbonyl (C=O) groups is 3. The minimum Gasteiger partial charge on any atom is -0.370 e. The molecule has 45 heavy (non-hydrogen) atoms. The lowest BCUT2D eigenvalue weighted by molar-refractivity contribution is -0.166. The Bertz CT molecular complexity index is 1610. The van der Waals surface area contributed by atoms with E-state index < -0.39 is 46.9 Å². The van der Waals surface area contributed by atoms with Crippen molar-refractivity contribution < 1.29 is 50.0 Å². The van der Waals surface area contributed by atoms with Gasteiger partial charge in [0.1, 0.15) is 0 Å². The van der Waals surface area contributed by atoms with Gasteiger partial charge in [-0.15, -0.1) is 0 Å². The number of halogens is 6. The molecule has 1 aliphatic heterocycles. The summed E-state index contributed by atoms with van der Waals surface area (Å²) >= 11 is 0. The molecule has 6 rings (SSSR count). The summed E-state index contributed by atoms with van der Waals surface area (Å²) < 4.78 is 100. The van der Waals surface area contributed by atoms with Gasteiger partial charge in [0.15, 0.2) is 5.78 Å². The van der Waals surface area contributed by atoms with Gasteiger partial charge in [-0.05, 0) is 84.6 Å². The van der Waals surface area contributed by atoms with E-state index in [-0.39, 0.29) is 23.0 Å². The van der Waals surface area contributed by atoms with Gasteiger partial charge < -0.3 is 9.30 Å². The maximum atomic E-state index is 13.4. The van der Waals surface area contributed by atoms with Crippen molar-refractivity contribution in [1.29, 1.82) is 0 Å². The topological polar surface area (TPSA) is 77.5 Å². The summed E-state index contributed by atoms with van der Waals surface area (Å²) in [6.45, 7) is 9.37. The lowest BCUT2D eigenvalue weighted by Gasteiger charge is -2.60. The van der Waals surface area contributed by atoms with E-state index in [4.69, 9.17) is 4.74 Å². The van der Waals surface area contributed by atoms with Crippen LogP contribution >= 0.6 is 7.14 Å². The van der Waals surface area contributed by atoms with E-state index in [1.165, 1.54) is 12.1 Å². The number of alkyl halides is 6. The first kappa shape index (κ1) is 32.2. The van der Waals surface area contributed by atoms with Crippen molar-refractivity contribution in [3.05, 3.63) is 64.8 Å². The average Bonchev–Trinajstić information content (AvgIpc) is 3.47. The molecule has 0 radical (unpaired) electrons. The summed E-state index contributed by atoms with van der Waals surface area (Å²) in [4.78, 5) is 36.6. The van der Waals surface area contributed by atoms with Crippen LogP contribution in [-0.4, -0.2) is 41.4 Å². The van der Waals surface area contributed by atoms with E-state index in [9.17, 15) is 45.3 Å². The largest absolute Gasteiger partial charge is 0.458 e. The van der Waals surface area contributed by atoms with Gasteiger partial charge in [0.2, 0.25) is 0 Å². The molecular formula is C33H33F6O5P. The highest BCUT2D eigenvalue weighted by Gasteiger charge is 2.71. The molecule has 0 bridgehead atoms. The lowest BCUT2D eigenvalue weighted by Crippen LogP contribution is -2.56. The lowest BCUT2D eigenvalue weighted by atomic mass is 9.44. The SMILES string of the molecule is C=C1CCO[C@]12CC[C@@]1(C)[C@@H]3CCC4=CC(=O)CCC4=C3[C@@H](c3ccc(P(=O)(C(=O)C(F)(F)F)C(=O)C(F)(F)F)cc3)C[C@@]12C. The van der Waals surface area contributed by atoms with Crippen LogP contribution < -0.4 is 5.30 Å². The van der Waals surface area contributed by atoms with Crippen molar-refractivity contribution in [3.8, 4) is 0 Å². The van der Waals surface area contributed by atoms with Crippen LogP contribution in [0.4, 0.5) is 26.3 Å². The Morgan fingerprint density at radius 2 is 1.56 bits per heavy atom. The second-order valence-corrected chi connectivity index (χ2v) is 16.1. The molecule has 4 aliphatic carbocycles. The fraction of sp³-hybridized carbons (Fsp3) is 0.545. The molecule has 5 atom stereocenters. The molecule has 2 saturated carbocycles. The Hall–Kier alpha value is -2.78. The minimum atomic E-state index is -6.31. The first-order chi connectivity index (χ1) is 20.8. The summed E-state index contributed by atoms with van der Waals surface area (Å²) in [6.07, 6.45) is -4.96. The Morgan fingerprint density at radius 1 is 0.933 bits per heavy atom. The predicted octanol–water partition coefficient (Wildman–Crippen LogP) is 7.86. The number of allylic oxidation sites excluding steroid dienone is 4. The van der Waals surface area contributed by atoms with Gasteiger partial charge >= 0.3 is 23.4 Å². The fourth-order valence-corrected chi connectivity index (χ4v) is 11.3. The molecule has 242 valence electrons. The number of ketones is 1. The number of benzene rings is 1. The highest BCUT2D eigenvalue weighted by atomic mass is 31.2. The summed E-state index contributed by atoms with van der Waals surface area (Å²) in [6, 6.07) is 4.15. The third-order valence-corrected chi connectivity index (χ3v) is 14.4. The zero-order valence-electron chi connectivity index (χ0n) is 24.9. The van der Waals surface area contributed by atoms with Gasteiger partial charge in [-0.1, -0.05) is 50.3 Å². The van der Waals surface area contributed by atoms with Crippen LogP contribution in [0.2, 0.25) is 0 Å². The van der Waals surface area contributed by atoms with Crippen LogP contribution in [0.1, 0.15) is 76.7 Å². The maximum Gasteiger partial charge on any atom is 0.458 e. The van der Waals surface area contributed by atoms with E-state index in [1.54, 1.807) is 6.08 Å². The van der Waals surface area contributed by atoms with Gasteiger partial charge in [0, 0.05) is 23.1 Å². The quantitative estimate of drug-likeness (QED) is 0.188. The second kappa shape index (κ2) is 10.1. The smallest absolute Gasteiger partial charge is 0.370 e. The summed E-state index contributed by atoms with van der Waals surface area (Å²) in [5.74, 6) is -0.269. The monoisotopic (exact) mass is 654 g/mol. The number of ether oxygens (including phenoxy) is 1. The van der Waals surface area contributed by atoms with Gasteiger partial charge in [-0.25, -0.2) is 0 Å². The fourth-order valence-electron chi connectivity index (χ4n) is 9.37. The van der Waals surface area contributed by atoms with Crippen molar-refractivity contribution >= 4 is 29.3 Å². The van der Waals surface area contributed by atoms with E-state index >= 15 is 0 Å². The molecule has 5 aliphatic rings. The second-order valence-electron chi connectivity index (χ2n) is 13.5. The van der Waals surface area contributed by atoms with Crippen LogP contribution in [0.3, 0.4) is 0 Å². The third kappa shape index (κ3) is 4.39. The van der Waals surface area contributed by atoms with Crippen molar-refractivity contribution in [1.82, 2.24) is 0 Å². The van der Waals surface area contributed by atoms with Crippen molar-refractivity contribution in [3.63, 3.8) is 0 Å². The van der Waals surface area contributed by atoms with E-state index in [0.29, 0.717) is 44.3 Å². The zero-order valence-corrected chi connectivity index (χ0v) is 25.8. The van der Waals surface area contributed by atoms with Crippen LogP contribution in [-0.2, 0) is 23.7 Å². The Kier molecular flexibility index (Phi) is 7.23. The highest BCUT2D eigenvalue weighted by molar-refractivity contribution is 8.00. The highest BCUT2D eigenvalue weighted by Crippen LogP contribution is 2.75. The molecule has 0 unspecified atom stereocenters. The van der Waals surface area contributed by atoms with Crippen LogP contribution in [0.5, 0.6) is 0 Å². The molecule has 0 N–H and O–H groups in total. The van der Waals surface area contributed by atoms with E-state index in [1.807, 2.05) is 0 Å². The third-order valence-electron chi connectivity index (χ3n) is 11.7. The Balaban J connectivity index is 1.51. The molecule has 12 heteroatoms. The number of carbonyl (C=O) groups excluding carboxylic acids is 3. The normalized spacial score (nSPS) is 33.6. The number of hydrogen-bond donors (Lipinski definition) is 0. The molecule has 3 fully saturated rings. The zero-order chi connectivity index (χ0) is 33.0. The molecule has 0 aromatic heterocycles. The summed E-state index contributed by atoms with van der Waals surface area (Å²) in [5, 5.41) is -1.12. The van der Waals surface area contributed by atoms with Gasteiger partial charge in [-0.2, -0.15) is 26.3 Å². The van der Waals surface area contributed by atoms with Gasteiger partial charge in [0.05, 0.1) is 12.2 Å². The first-order valence-corrected chi connectivity index (χ1v) is 16.7. The van der Waals surface area contributed by atoms with Gasteiger partial charge in [-0.3, -0.25) is 14.4 Å². The molecule has 1 aromatic carbocycles. The van der Waals surface area contributed by atoms with E-state index in [0.717, 1.165) is 53.7 Å². The minimum absolute atomic E-state index is 0.0375. The van der Waals surface area contributed by atoms with Crippen molar-refractivity contribution in [2.75, 3.05) is 6.61 Å². The van der Waals surface area contributed by atoms with E-state index in [2.05, 4.69) is 20.4 Å². The molecule has 1 heterocycles. The summed E-state index contributed by atoms with van der Waals surface area (Å²) in [7, 11) is -6.31. The average molecular weight is 655 g/mol. The molecule has 1 saturated heterocycles. The van der Waals surface area contributed by atoms with Crippen LogP contribution in [0, 0.1) is 16.7 Å². The van der Waals surface area contributed by atoms with Crippen LogP contribution in [0.15, 0.2) is 59.2 Å². The van der Waals surface area contributed by atoms with Crippen LogP contribution in [0.25, 0.3) is 0 Å². The number of rotatable bonds is 4. The molecular weight excluding hydrogens is 621 g/mol. The molecule has 1 spiro atoms. The standard InChI is InChI=1S/C33H33F6O5P/c1-18-12-15-44-31(18)14-13-29(2)25-11-6-20-16-21(40)7-10-23(20)26(25)24(17-30(29,31)3)19-4-8-22(9-5-19)45(43,27(41)32(34,35)36)28(42)33(37,38)39/h4-5,8-9,16,24-25H,1,6-7,10-15,17H2,2-3H3/t24-,25-,29+,30+,31-/m1/s1. The maximum absolute atomic E-state index is 13.4. The van der Waals surface area contributed by atoms with Crippen molar-refractivity contribution in [2.45, 2.75) is 89.1 Å². The Morgan fingerprint density at radius 3 is 2.11 bits per heavy atom. The molecule has 0 amide bonds. The number of fused-ring (bicyclic) bond motifs is 5. The summed E-state index contributed by atoms with van der Waals surface area (Å²) in [5.41, 5.74) is -3.00. The predicted molar refractivity (Wildman–Crippen MR) is 153 cm³/mol.